The van der Waals surface area contributed by atoms with Gasteiger partial charge >= 0.3 is 0 Å². The standard InChI is InChI=1S/C11H10Cl2N2O/c1-7-9(4-5-12)11(16)15-6-8(13)2-3-10(15)14-7/h2-3,6H,4-5H2,1H3. The second-order valence-corrected chi connectivity index (χ2v) is 4.31. The summed E-state index contributed by atoms with van der Waals surface area (Å²) in [6.07, 6.45) is 2.10. The van der Waals surface area contributed by atoms with Crippen LogP contribution in [0.15, 0.2) is 23.1 Å². The zero-order valence-corrected chi connectivity index (χ0v) is 10.2. The summed E-state index contributed by atoms with van der Waals surface area (Å²) in [7, 11) is 0. The van der Waals surface area contributed by atoms with Crippen molar-refractivity contribution in [2.45, 2.75) is 13.3 Å². The van der Waals surface area contributed by atoms with Crippen molar-refractivity contribution in [1.82, 2.24) is 9.38 Å². The maximum atomic E-state index is 12.1. The Balaban J connectivity index is 2.80. The fourth-order valence-electron chi connectivity index (χ4n) is 1.64. The zero-order chi connectivity index (χ0) is 11.7. The number of pyridine rings is 1. The Morgan fingerprint density at radius 2 is 2.19 bits per heavy atom. The van der Waals surface area contributed by atoms with E-state index in [-0.39, 0.29) is 5.56 Å². The number of nitrogens with zero attached hydrogens (tertiary/aromatic N) is 2. The highest BCUT2D eigenvalue weighted by Gasteiger charge is 2.08. The van der Waals surface area contributed by atoms with Crippen LogP contribution in [0.3, 0.4) is 0 Å². The van der Waals surface area contributed by atoms with Crippen molar-refractivity contribution >= 4 is 28.8 Å². The number of hydrogen-bond donors (Lipinski definition) is 0. The van der Waals surface area contributed by atoms with E-state index < -0.39 is 0 Å². The largest absolute Gasteiger partial charge is 0.269 e. The Kier molecular flexibility index (Phi) is 3.17. The van der Waals surface area contributed by atoms with Crippen molar-refractivity contribution in [3.05, 3.63) is 45.0 Å². The third kappa shape index (κ3) is 1.93. The van der Waals surface area contributed by atoms with Gasteiger partial charge in [-0.1, -0.05) is 11.6 Å². The molecule has 0 aliphatic rings. The third-order valence-corrected chi connectivity index (χ3v) is 2.84. The number of fused-ring (bicyclic) bond motifs is 1. The van der Waals surface area contributed by atoms with Crippen molar-refractivity contribution in [2.24, 2.45) is 0 Å². The molecule has 3 nitrogen and oxygen atoms in total. The molecule has 2 aromatic heterocycles. The second kappa shape index (κ2) is 4.44. The van der Waals surface area contributed by atoms with E-state index >= 15 is 0 Å². The number of hydrogen-bond acceptors (Lipinski definition) is 2. The highest BCUT2D eigenvalue weighted by molar-refractivity contribution is 6.30. The van der Waals surface area contributed by atoms with Crippen LogP contribution in [-0.2, 0) is 6.42 Å². The van der Waals surface area contributed by atoms with E-state index in [0.717, 1.165) is 5.69 Å². The first kappa shape index (κ1) is 11.4. The minimum Gasteiger partial charge on any atom is -0.269 e. The van der Waals surface area contributed by atoms with Gasteiger partial charge < -0.3 is 0 Å². The van der Waals surface area contributed by atoms with Gasteiger partial charge in [-0.2, -0.15) is 0 Å². The maximum Gasteiger partial charge on any atom is 0.261 e. The maximum absolute atomic E-state index is 12.1. The molecule has 0 atom stereocenters. The van der Waals surface area contributed by atoms with E-state index in [1.807, 2.05) is 6.92 Å². The number of halogens is 2. The topological polar surface area (TPSA) is 34.4 Å². The van der Waals surface area contributed by atoms with Crippen molar-refractivity contribution in [1.29, 1.82) is 0 Å². The number of rotatable bonds is 2. The van der Waals surface area contributed by atoms with Gasteiger partial charge in [0, 0.05) is 23.3 Å². The van der Waals surface area contributed by atoms with Crippen LogP contribution in [0.1, 0.15) is 11.3 Å². The molecule has 0 unspecified atom stereocenters. The molecule has 0 aliphatic carbocycles. The molecule has 0 aromatic carbocycles. The molecule has 84 valence electrons. The van der Waals surface area contributed by atoms with Crippen LogP contribution in [0.5, 0.6) is 0 Å². The van der Waals surface area contributed by atoms with Crippen LogP contribution in [0, 0.1) is 6.92 Å². The van der Waals surface area contributed by atoms with Gasteiger partial charge in [0.15, 0.2) is 0 Å². The first-order valence-electron chi connectivity index (χ1n) is 4.87. The van der Waals surface area contributed by atoms with Gasteiger partial charge in [0.1, 0.15) is 5.65 Å². The lowest BCUT2D eigenvalue weighted by atomic mass is 10.2. The number of aromatic nitrogens is 2. The molecular formula is C11H10Cl2N2O. The molecule has 2 rings (SSSR count). The molecule has 0 aliphatic heterocycles. The molecule has 2 aromatic rings. The molecule has 16 heavy (non-hydrogen) atoms. The van der Waals surface area contributed by atoms with Crippen LogP contribution in [0.4, 0.5) is 0 Å². The fraction of sp³-hybridized carbons (Fsp3) is 0.273. The summed E-state index contributed by atoms with van der Waals surface area (Å²) in [6.45, 7) is 1.82. The van der Waals surface area contributed by atoms with Crippen LogP contribution in [0.25, 0.3) is 5.65 Å². The van der Waals surface area contributed by atoms with Gasteiger partial charge in [-0.3, -0.25) is 9.20 Å². The highest BCUT2D eigenvalue weighted by Crippen LogP contribution is 2.10. The smallest absolute Gasteiger partial charge is 0.261 e. The summed E-state index contributed by atoms with van der Waals surface area (Å²) in [5.74, 6) is 0.407. The summed E-state index contributed by atoms with van der Waals surface area (Å²) < 4.78 is 1.46. The number of alkyl halides is 1. The lowest BCUT2D eigenvalue weighted by Gasteiger charge is -2.06. The summed E-state index contributed by atoms with van der Waals surface area (Å²) in [6, 6.07) is 3.44. The summed E-state index contributed by atoms with van der Waals surface area (Å²) in [4.78, 5) is 16.4. The zero-order valence-electron chi connectivity index (χ0n) is 8.70. The lowest BCUT2D eigenvalue weighted by Crippen LogP contribution is -2.21. The molecule has 5 heteroatoms. The van der Waals surface area contributed by atoms with Crippen molar-refractivity contribution < 1.29 is 0 Å². The van der Waals surface area contributed by atoms with Gasteiger partial charge in [0.25, 0.3) is 5.56 Å². The first-order chi connectivity index (χ1) is 7.63. The van der Waals surface area contributed by atoms with E-state index in [9.17, 15) is 4.79 Å². The molecular weight excluding hydrogens is 247 g/mol. The molecule has 0 saturated carbocycles. The van der Waals surface area contributed by atoms with Gasteiger partial charge in [0.05, 0.1) is 5.02 Å². The minimum atomic E-state index is -0.0920. The van der Waals surface area contributed by atoms with E-state index in [2.05, 4.69) is 4.98 Å². The van der Waals surface area contributed by atoms with E-state index in [0.29, 0.717) is 28.5 Å². The Hall–Kier alpha value is -1.06. The van der Waals surface area contributed by atoms with E-state index in [1.165, 1.54) is 4.40 Å². The van der Waals surface area contributed by atoms with Crippen LogP contribution in [0.2, 0.25) is 5.02 Å². The van der Waals surface area contributed by atoms with Crippen molar-refractivity contribution in [3.63, 3.8) is 0 Å². The highest BCUT2D eigenvalue weighted by atomic mass is 35.5. The predicted molar refractivity (Wildman–Crippen MR) is 65.6 cm³/mol. The molecule has 0 fully saturated rings. The summed E-state index contributed by atoms with van der Waals surface area (Å²) >= 11 is 11.5. The summed E-state index contributed by atoms with van der Waals surface area (Å²) in [5.41, 5.74) is 1.89. The quantitative estimate of drug-likeness (QED) is 0.774. The molecule has 0 saturated heterocycles. The second-order valence-electron chi connectivity index (χ2n) is 3.50. The van der Waals surface area contributed by atoms with Crippen LogP contribution >= 0.6 is 23.2 Å². The van der Waals surface area contributed by atoms with Crippen molar-refractivity contribution in [3.8, 4) is 0 Å². The Bertz CT molecular complexity index is 592. The lowest BCUT2D eigenvalue weighted by molar-refractivity contribution is 0.939. The Morgan fingerprint density at radius 3 is 2.88 bits per heavy atom. The van der Waals surface area contributed by atoms with Gasteiger partial charge in [-0.15, -0.1) is 11.6 Å². The normalized spacial score (nSPS) is 10.9. The molecule has 2 heterocycles. The monoisotopic (exact) mass is 256 g/mol. The predicted octanol–water partition coefficient (Wildman–Crippen LogP) is 2.44. The average Bonchev–Trinajstić information content (AvgIpc) is 2.26. The number of aryl methyl sites for hydroxylation is 1. The SMILES string of the molecule is Cc1nc2ccc(Cl)cn2c(=O)c1CCCl. The minimum absolute atomic E-state index is 0.0920. The molecule has 0 radical (unpaired) electrons. The summed E-state index contributed by atoms with van der Waals surface area (Å²) in [5, 5.41) is 0.511. The van der Waals surface area contributed by atoms with Gasteiger partial charge in [-0.05, 0) is 25.5 Å². The third-order valence-electron chi connectivity index (χ3n) is 2.43. The molecule has 0 N–H and O–H groups in total. The van der Waals surface area contributed by atoms with E-state index in [1.54, 1.807) is 18.3 Å². The fourth-order valence-corrected chi connectivity index (χ4v) is 1.99. The van der Waals surface area contributed by atoms with Gasteiger partial charge in [0.2, 0.25) is 0 Å². The first-order valence-corrected chi connectivity index (χ1v) is 5.78. The Morgan fingerprint density at radius 1 is 1.44 bits per heavy atom. The van der Waals surface area contributed by atoms with Crippen LogP contribution in [-0.4, -0.2) is 15.3 Å². The van der Waals surface area contributed by atoms with Crippen LogP contribution < -0.4 is 5.56 Å². The van der Waals surface area contributed by atoms with E-state index in [4.69, 9.17) is 23.2 Å². The van der Waals surface area contributed by atoms with Crippen molar-refractivity contribution in [2.75, 3.05) is 5.88 Å². The Labute approximate surface area is 103 Å². The molecule has 0 amide bonds. The molecule has 0 spiro atoms. The molecule has 0 bridgehead atoms. The average molecular weight is 257 g/mol. The van der Waals surface area contributed by atoms with Gasteiger partial charge in [-0.25, -0.2) is 4.98 Å².